The maximum absolute atomic E-state index is 10.4. The minimum absolute atomic E-state index is 0.124. The van der Waals surface area contributed by atoms with Crippen molar-refractivity contribution in [2.75, 3.05) is 0 Å². The van der Waals surface area contributed by atoms with Crippen LogP contribution in [0.5, 0.6) is 0 Å². The molecule has 0 aliphatic heterocycles. The van der Waals surface area contributed by atoms with Crippen molar-refractivity contribution < 1.29 is 9.90 Å². The smallest absolute Gasteiger partial charge is 0.303 e. The summed E-state index contributed by atoms with van der Waals surface area (Å²) in [5.41, 5.74) is 2.40. The van der Waals surface area contributed by atoms with Crippen molar-refractivity contribution in [3.63, 3.8) is 0 Å². The van der Waals surface area contributed by atoms with Crippen LogP contribution in [0.1, 0.15) is 48.1 Å². The Morgan fingerprint density at radius 1 is 1.38 bits per heavy atom. The van der Waals surface area contributed by atoms with Crippen LogP contribution in [0.15, 0.2) is 24.3 Å². The van der Waals surface area contributed by atoms with Crippen molar-refractivity contribution >= 4 is 17.6 Å². The highest BCUT2D eigenvalue weighted by atomic mass is 35.5. The van der Waals surface area contributed by atoms with Gasteiger partial charge in [-0.3, -0.25) is 4.79 Å². The summed E-state index contributed by atoms with van der Waals surface area (Å²) < 4.78 is 0. The Balaban J connectivity index is 1.94. The first-order valence-electron chi connectivity index (χ1n) is 5.62. The largest absolute Gasteiger partial charge is 0.481 e. The van der Waals surface area contributed by atoms with Crippen LogP contribution < -0.4 is 0 Å². The number of benzene rings is 1. The third kappa shape index (κ3) is 2.99. The fourth-order valence-corrected chi connectivity index (χ4v) is 2.07. The Hall–Kier alpha value is -1.02. The topological polar surface area (TPSA) is 37.3 Å². The van der Waals surface area contributed by atoms with Gasteiger partial charge in [-0.25, -0.2) is 0 Å². The minimum Gasteiger partial charge on any atom is -0.481 e. The molecule has 1 N–H and O–H groups in total. The lowest BCUT2D eigenvalue weighted by Gasteiger charge is -2.09. The molecule has 1 saturated carbocycles. The molecule has 16 heavy (non-hydrogen) atoms. The van der Waals surface area contributed by atoms with Gasteiger partial charge in [0.15, 0.2) is 0 Å². The third-order valence-electron chi connectivity index (χ3n) is 2.96. The van der Waals surface area contributed by atoms with Crippen LogP contribution in [0.3, 0.4) is 0 Å². The van der Waals surface area contributed by atoms with Gasteiger partial charge in [0.1, 0.15) is 0 Å². The molecule has 86 valence electrons. The summed E-state index contributed by atoms with van der Waals surface area (Å²) in [5, 5.41) is 8.39. The van der Waals surface area contributed by atoms with E-state index in [0.29, 0.717) is 6.42 Å². The van der Waals surface area contributed by atoms with E-state index in [1.165, 1.54) is 18.4 Å². The van der Waals surface area contributed by atoms with Crippen molar-refractivity contribution in [2.24, 2.45) is 0 Å². The number of carboxylic acid groups (broad SMARTS) is 1. The zero-order chi connectivity index (χ0) is 11.5. The Kier molecular flexibility index (Phi) is 3.49. The molecule has 3 heteroatoms. The van der Waals surface area contributed by atoms with Gasteiger partial charge in [0.05, 0.1) is 5.38 Å². The van der Waals surface area contributed by atoms with Crippen LogP contribution in [0, 0.1) is 0 Å². The molecule has 1 atom stereocenters. The molecular formula is C13H15ClO2. The van der Waals surface area contributed by atoms with Gasteiger partial charge in [-0.1, -0.05) is 24.3 Å². The summed E-state index contributed by atoms with van der Waals surface area (Å²) >= 11 is 6.13. The summed E-state index contributed by atoms with van der Waals surface area (Å²) in [6.07, 6.45) is 3.20. The van der Waals surface area contributed by atoms with Crippen LogP contribution in [-0.2, 0) is 4.79 Å². The van der Waals surface area contributed by atoms with Crippen LogP contribution >= 0.6 is 11.6 Å². The maximum Gasteiger partial charge on any atom is 0.303 e. The monoisotopic (exact) mass is 238 g/mol. The predicted molar refractivity (Wildman–Crippen MR) is 63.9 cm³/mol. The van der Waals surface area contributed by atoms with Crippen molar-refractivity contribution in [3.05, 3.63) is 35.4 Å². The van der Waals surface area contributed by atoms with Gasteiger partial charge in [-0.2, -0.15) is 0 Å². The van der Waals surface area contributed by atoms with Gasteiger partial charge < -0.3 is 5.11 Å². The normalized spacial score (nSPS) is 17.1. The van der Waals surface area contributed by atoms with E-state index in [0.717, 1.165) is 11.5 Å². The highest BCUT2D eigenvalue weighted by Gasteiger charge is 2.23. The number of rotatable bonds is 5. The standard InChI is InChI=1S/C13H15ClO2/c14-12(7-8-13(15)16)11-5-3-10(4-6-11)9-1-2-9/h3-6,9,12H,1-2,7-8H2,(H,15,16). The fraction of sp³-hybridized carbons (Fsp3) is 0.462. The molecule has 0 aromatic heterocycles. The van der Waals surface area contributed by atoms with Gasteiger partial charge in [0, 0.05) is 6.42 Å². The number of carbonyl (C=O) groups is 1. The second kappa shape index (κ2) is 4.88. The van der Waals surface area contributed by atoms with E-state index < -0.39 is 5.97 Å². The summed E-state index contributed by atoms with van der Waals surface area (Å²) in [6.45, 7) is 0. The Morgan fingerprint density at radius 2 is 2.00 bits per heavy atom. The average molecular weight is 239 g/mol. The van der Waals surface area contributed by atoms with E-state index in [-0.39, 0.29) is 11.8 Å². The van der Waals surface area contributed by atoms with Crippen LogP contribution in [0.2, 0.25) is 0 Å². The number of hydrogen-bond donors (Lipinski definition) is 1. The van der Waals surface area contributed by atoms with E-state index in [2.05, 4.69) is 12.1 Å². The SMILES string of the molecule is O=C(O)CCC(Cl)c1ccc(C2CC2)cc1. The van der Waals surface area contributed by atoms with E-state index in [1.807, 2.05) is 12.1 Å². The summed E-state index contributed by atoms with van der Waals surface area (Å²) in [4.78, 5) is 10.4. The second-order valence-corrected chi connectivity index (χ2v) is 4.87. The van der Waals surface area contributed by atoms with E-state index >= 15 is 0 Å². The molecule has 0 radical (unpaired) electrons. The van der Waals surface area contributed by atoms with Crippen LogP contribution in [-0.4, -0.2) is 11.1 Å². The van der Waals surface area contributed by atoms with E-state index in [9.17, 15) is 4.79 Å². The molecule has 1 aliphatic carbocycles. The fourth-order valence-electron chi connectivity index (χ4n) is 1.81. The Bertz CT molecular complexity index is 368. The quantitative estimate of drug-likeness (QED) is 0.794. The minimum atomic E-state index is -0.791. The maximum atomic E-state index is 10.4. The molecule has 0 heterocycles. The molecule has 1 aliphatic rings. The van der Waals surface area contributed by atoms with Gasteiger partial charge >= 0.3 is 5.97 Å². The van der Waals surface area contributed by atoms with Gasteiger partial charge in [-0.15, -0.1) is 11.6 Å². The average Bonchev–Trinajstić information content (AvgIpc) is 3.10. The first kappa shape index (κ1) is 11.5. The molecule has 2 nitrogen and oxygen atoms in total. The summed E-state index contributed by atoms with van der Waals surface area (Å²) in [5.74, 6) is -0.0397. The van der Waals surface area contributed by atoms with Gasteiger partial charge in [-0.05, 0) is 36.3 Å². The summed E-state index contributed by atoms with van der Waals surface area (Å²) in [7, 11) is 0. The lowest BCUT2D eigenvalue weighted by atomic mass is 10.0. The Morgan fingerprint density at radius 3 is 2.50 bits per heavy atom. The first-order chi connectivity index (χ1) is 7.66. The number of hydrogen-bond acceptors (Lipinski definition) is 1. The molecule has 1 fully saturated rings. The highest BCUT2D eigenvalue weighted by Crippen LogP contribution is 2.40. The number of aliphatic carboxylic acids is 1. The zero-order valence-corrected chi connectivity index (χ0v) is 9.78. The zero-order valence-electron chi connectivity index (χ0n) is 9.03. The Labute approximate surface area is 100 Å². The van der Waals surface area contributed by atoms with Gasteiger partial charge in [0.25, 0.3) is 0 Å². The second-order valence-electron chi connectivity index (χ2n) is 4.34. The lowest BCUT2D eigenvalue weighted by molar-refractivity contribution is -0.137. The highest BCUT2D eigenvalue weighted by molar-refractivity contribution is 6.20. The molecule has 2 rings (SSSR count). The first-order valence-corrected chi connectivity index (χ1v) is 6.06. The molecule has 0 saturated heterocycles. The van der Waals surface area contributed by atoms with Crippen LogP contribution in [0.4, 0.5) is 0 Å². The third-order valence-corrected chi connectivity index (χ3v) is 3.43. The summed E-state index contributed by atoms with van der Waals surface area (Å²) in [6, 6.07) is 8.27. The van der Waals surface area contributed by atoms with Crippen molar-refractivity contribution in [1.29, 1.82) is 0 Å². The molecule has 0 bridgehead atoms. The van der Waals surface area contributed by atoms with Crippen molar-refractivity contribution in [3.8, 4) is 0 Å². The molecule has 1 aromatic rings. The molecule has 0 amide bonds. The number of halogens is 1. The van der Waals surface area contributed by atoms with Crippen molar-refractivity contribution in [2.45, 2.75) is 37.0 Å². The molecular weight excluding hydrogens is 224 g/mol. The molecule has 1 aromatic carbocycles. The number of alkyl halides is 1. The van der Waals surface area contributed by atoms with E-state index in [4.69, 9.17) is 16.7 Å². The molecule has 1 unspecified atom stereocenters. The lowest BCUT2D eigenvalue weighted by Crippen LogP contribution is -1.98. The van der Waals surface area contributed by atoms with Gasteiger partial charge in [0.2, 0.25) is 0 Å². The van der Waals surface area contributed by atoms with Crippen molar-refractivity contribution in [1.82, 2.24) is 0 Å². The van der Waals surface area contributed by atoms with E-state index in [1.54, 1.807) is 0 Å². The predicted octanol–water partition coefficient (Wildman–Crippen LogP) is 3.71. The van der Waals surface area contributed by atoms with Crippen LogP contribution in [0.25, 0.3) is 0 Å². The number of carboxylic acids is 1. The molecule has 0 spiro atoms.